The molecule has 0 radical (unpaired) electrons. The molecule has 2 atom stereocenters. The largest absolute Gasteiger partial charge is 0.396 e. The molecule has 0 aliphatic carbocycles. The Labute approximate surface area is 392 Å². The Kier molecular flexibility index (Phi) is 16.0. The fourth-order valence-corrected chi connectivity index (χ4v) is 18.4. The van der Waals surface area contributed by atoms with Gasteiger partial charge in [-0.1, -0.05) is 195 Å². The van der Waals surface area contributed by atoms with Crippen LogP contribution in [-0.2, 0) is 18.4 Å². The molecular formula is C52H58Br2N2O5Si2. The number of aliphatic hydroxyl groups excluding tert-OH is 1. The van der Waals surface area contributed by atoms with Gasteiger partial charge >= 0.3 is 0 Å². The average molecular weight is 1010 g/mol. The van der Waals surface area contributed by atoms with Crippen molar-refractivity contribution >= 4 is 92.4 Å². The number of halogens is 2. The summed E-state index contributed by atoms with van der Waals surface area (Å²) >= 11 is 6.89. The summed E-state index contributed by atoms with van der Waals surface area (Å²) in [7, 11) is -5.67. The van der Waals surface area contributed by atoms with Crippen molar-refractivity contribution in [2.45, 2.75) is 76.7 Å². The third kappa shape index (κ3) is 10.9. The molecule has 328 valence electrons. The molecule has 1 aliphatic rings. The van der Waals surface area contributed by atoms with Gasteiger partial charge in [0, 0.05) is 39.9 Å². The van der Waals surface area contributed by atoms with Crippen molar-refractivity contribution in [2.75, 3.05) is 23.4 Å². The molecule has 2 N–H and O–H groups in total. The number of nitrogens with zero attached hydrogens (tertiary/aromatic N) is 1. The third-order valence-corrected chi connectivity index (χ3v) is 22.7. The molecule has 11 heteroatoms. The number of anilines is 2. The van der Waals surface area contributed by atoms with Gasteiger partial charge in [0.15, 0.2) is 0 Å². The van der Waals surface area contributed by atoms with Crippen molar-refractivity contribution in [2.24, 2.45) is 0 Å². The summed E-state index contributed by atoms with van der Waals surface area (Å²) in [6, 6.07) is 56.7. The van der Waals surface area contributed by atoms with Crippen molar-refractivity contribution in [3.63, 3.8) is 0 Å². The molecule has 1 saturated heterocycles. The molecular weight excluding hydrogens is 949 g/mol. The Morgan fingerprint density at radius 3 is 1.44 bits per heavy atom. The SMILES string of the molecule is CC(C)(C)[Si](O[C@@H](CCO)C(=O)Nc1ccc(Br)cc1)(c1ccccc1)c1ccccc1.CC(C)(C)[Si](O[C@H]1CCN(c2ccc(Br)cc2)C1=O)(c1ccccc1)c1ccccc1. The summed E-state index contributed by atoms with van der Waals surface area (Å²) in [6.07, 6.45) is -0.336. The summed E-state index contributed by atoms with van der Waals surface area (Å²) in [5, 5.41) is 16.9. The van der Waals surface area contributed by atoms with Crippen LogP contribution in [0.25, 0.3) is 0 Å². The van der Waals surface area contributed by atoms with Crippen LogP contribution in [0, 0.1) is 0 Å². The normalized spacial score (nSPS) is 15.0. The standard InChI is InChI=1S/C26H30BrNO3Si.C26H28BrNO2Si/c1-26(2,3)32(22-10-6-4-7-11-22,23-12-8-5-9-13-23)31-24(18-19-29)25(30)28-21-16-14-20(27)15-17-21;1-26(2,3)31(22-10-6-4-7-11-22,23-12-8-5-9-13-23)30-24-18-19-28(25(24)29)21-16-14-20(27)15-17-21/h4-17,24,29H,18-19H2,1-3H3,(H,28,30);4-17,24H,18-19H2,1-3H3/t2*24-/m00/s1. The Morgan fingerprint density at radius 1 is 0.651 bits per heavy atom. The van der Waals surface area contributed by atoms with E-state index in [9.17, 15) is 14.7 Å². The summed E-state index contributed by atoms with van der Waals surface area (Å²) < 4.78 is 15.9. The van der Waals surface area contributed by atoms with Crippen LogP contribution in [0.4, 0.5) is 11.4 Å². The van der Waals surface area contributed by atoms with Gasteiger partial charge in [-0.25, -0.2) is 0 Å². The van der Waals surface area contributed by atoms with E-state index < -0.39 is 28.8 Å². The molecule has 2 amide bonds. The maximum absolute atomic E-state index is 13.5. The minimum absolute atomic E-state index is 0.0512. The van der Waals surface area contributed by atoms with Crippen molar-refractivity contribution in [1.82, 2.24) is 0 Å². The summed E-state index contributed by atoms with van der Waals surface area (Å²) in [4.78, 5) is 28.6. The molecule has 1 fully saturated rings. The van der Waals surface area contributed by atoms with Crippen LogP contribution < -0.4 is 31.0 Å². The summed E-state index contributed by atoms with van der Waals surface area (Å²) in [5.74, 6) is -0.204. The zero-order valence-electron chi connectivity index (χ0n) is 36.9. The van der Waals surface area contributed by atoms with Gasteiger partial charge < -0.3 is 24.2 Å². The molecule has 0 aromatic heterocycles. The van der Waals surface area contributed by atoms with Gasteiger partial charge in [-0.2, -0.15) is 0 Å². The molecule has 6 aromatic rings. The Bertz CT molecular complexity index is 2300. The lowest BCUT2D eigenvalue weighted by molar-refractivity contribution is -0.124. The molecule has 7 nitrogen and oxygen atoms in total. The second-order valence-electron chi connectivity index (χ2n) is 17.8. The molecule has 6 aromatic carbocycles. The van der Waals surface area contributed by atoms with Crippen LogP contribution in [0.15, 0.2) is 179 Å². The topological polar surface area (TPSA) is 88.1 Å². The van der Waals surface area contributed by atoms with E-state index in [1.807, 2.05) is 102 Å². The second kappa shape index (κ2) is 21.0. The lowest BCUT2D eigenvalue weighted by Gasteiger charge is -2.44. The van der Waals surface area contributed by atoms with E-state index in [0.29, 0.717) is 18.7 Å². The zero-order chi connectivity index (χ0) is 45.3. The highest BCUT2D eigenvalue weighted by molar-refractivity contribution is 9.10. The maximum atomic E-state index is 13.5. The number of hydrogen-bond donors (Lipinski definition) is 2. The van der Waals surface area contributed by atoms with E-state index in [0.717, 1.165) is 25.0 Å². The third-order valence-electron chi connectivity index (χ3n) is 11.6. The minimum atomic E-state index is -2.92. The van der Waals surface area contributed by atoms with E-state index in [-0.39, 0.29) is 34.9 Å². The first-order valence-corrected chi connectivity index (χ1v) is 26.8. The fraction of sp³-hybridized carbons (Fsp3) is 0.269. The first-order valence-electron chi connectivity index (χ1n) is 21.4. The highest BCUT2D eigenvalue weighted by atomic mass is 79.9. The predicted octanol–water partition coefficient (Wildman–Crippen LogP) is 9.85. The molecule has 0 bridgehead atoms. The van der Waals surface area contributed by atoms with Gasteiger partial charge in [-0.15, -0.1) is 0 Å². The second-order valence-corrected chi connectivity index (χ2v) is 28.1. The van der Waals surface area contributed by atoms with Crippen LogP contribution >= 0.6 is 31.9 Å². The number of carbonyl (C=O) groups is 2. The lowest BCUT2D eigenvalue weighted by Crippen LogP contribution is -2.68. The Morgan fingerprint density at radius 2 is 1.05 bits per heavy atom. The smallest absolute Gasteiger partial charge is 0.262 e. The van der Waals surface area contributed by atoms with E-state index in [2.05, 4.69) is 152 Å². The quantitative estimate of drug-likeness (QED) is 0.113. The molecule has 0 unspecified atom stereocenters. The van der Waals surface area contributed by atoms with E-state index >= 15 is 0 Å². The number of benzene rings is 6. The first-order chi connectivity index (χ1) is 30.1. The van der Waals surface area contributed by atoms with Gasteiger partial charge in [0.2, 0.25) is 0 Å². The Hall–Kier alpha value is -4.47. The van der Waals surface area contributed by atoms with Crippen molar-refractivity contribution in [3.05, 3.63) is 179 Å². The van der Waals surface area contributed by atoms with Gasteiger partial charge in [-0.3, -0.25) is 9.59 Å². The minimum Gasteiger partial charge on any atom is -0.396 e. The van der Waals surface area contributed by atoms with Gasteiger partial charge in [0.1, 0.15) is 12.2 Å². The van der Waals surface area contributed by atoms with Crippen LogP contribution in [0.5, 0.6) is 0 Å². The van der Waals surface area contributed by atoms with Crippen LogP contribution in [0.2, 0.25) is 10.1 Å². The first kappa shape index (κ1) is 48.0. The summed E-state index contributed by atoms with van der Waals surface area (Å²) in [6.45, 7) is 13.8. The fourth-order valence-electron chi connectivity index (χ4n) is 8.57. The number of aliphatic hydroxyl groups is 1. The van der Waals surface area contributed by atoms with E-state index in [4.69, 9.17) is 8.85 Å². The van der Waals surface area contributed by atoms with Gasteiger partial charge in [-0.05, 0) is 85.8 Å². The van der Waals surface area contributed by atoms with Crippen LogP contribution in [-0.4, -0.2) is 58.9 Å². The van der Waals surface area contributed by atoms with Crippen LogP contribution in [0.3, 0.4) is 0 Å². The van der Waals surface area contributed by atoms with Gasteiger partial charge in [0.25, 0.3) is 28.4 Å². The lowest BCUT2D eigenvalue weighted by atomic mass is 10.2. The predicted molar refractivity (Wildman–Crippen MR) is 271 cm³/mol. The van der Waals surface area contributed by atoms with E-state index in [1.54, 1.807) is 0 Å². The highest BCUT2D eigenvalue weighted by Crippen LogP contribution is 2.40. The monoisotopic (exact) mass is 1000 g/mol. The number of carbonyl (C=O) groups excluding carboxylic acids is 2. The highest BCUT2D eigenvalue weighted by Gasteiger charge is 2.54. The molecule has 63 heavy (non-hydrogen) atoms. The molecule has 0 spiro atoms. The van der Waals surface area contributed by atoms with Crippen molar-refractivity contribution in [3.8, 4) is 0 Å². The van der Waals surface area contributed by atoms with E-state index in [1.165, 1.54) is 10.4 Å². The maximum Gasteiger partial charge on any atom is 0.262 e. The zero-order valence-corrected chi connectivity index (χ0v) is 42.1. The summed E-state index contributed by atoms with van der Waals surface area (Å²) in [5.41, 5.74) is 1.61. The molecule has 1 heterocycles. The van der Waals surface area contributed by atoms with Gasteiger partial charge in [0.05, 0.1) is 0 Å². The Balaban J connectivity index is 0.000000210. The van der Waals surface area contributed by atoms with Crippen LogP contribution in [0.1, 0.15) is 54.4 Å². The number of rotatable bonds is 13. The van der Waals surface area contributed by atoms with Crippen molar-refractivity contribution < 1.29 is 23.5 Å². The molecule has 0 saturated carbocycles. The molecule has 7 rings (SSSR count). The number of amides is 2. The average Bonchev–Trinajstić information content (AvgIpc) is 3.64. The molecule has 1 aliphatic heterocycles. The number of nitrogens with one attached hydrogen (secondary N) is 1. The van der Waals surface area contributed by atoms with Crippen molar-refractivity contribution in [1.29, 1.82) is 0 Å². The number of hydrogen-bond acceptors (Lipinski definition) is 5.